The fraction of sp³-hybridized carbons (Fsp3) is 0.583. The number of hydrogen-bond donors (Lipinski definition) is 1. The molecule has 19 heavy (non-hydrogen) atoms. The molecule has 0 aromatic carbocycles. The molecule has 7 heteroatoms. The molecule has 0 spiro atoms. The predicted molar refractivity (Wildman–Crippen MR) is 69.4 cm³/mol. The Kier molecular flexibility index (Phi) is 4.18. The molecule has 0 atom stereocenters. The third-order valence-electron chi connectivity index (χ3n) is 2.29. The number of carbonyl (C=O) groups excluding carboxylic acids is 2. The van der Waals surface area contributed by atoms with Gasteiger partial charge in [-0.3, -0.25) is 9.48 Å². The van der Waals surface area contributed by atoms with Crippen molar-refractivity contribution in [1.82, 2.24) is 20.2 Å². The Balaban J connectivity index is 2.72. The first-order valence-corrected chi connectivity index (χ1v) is 5.88. The molecule has 0 saturated carbocycles. The van der Waals surface area contributed by atoms with Gasteiger partial charge in [0, 0.05) is 19.7 Å². The van der Waals surface area contributed by atoms with E-state index in [1.165, 1.54) is 11.7 Å². The van der Waals surface area contributed by atoms with Gasteiger partial charge < -0.3 is 4.74 Å². The fourth-order valence-corrected chi connectivity index (χ4v) is 1.50. The minimum atomic E-state index is -0.678. The van der Waals surface area contributed by atoms with E-state index in [1.807, 2.05) is 0 Å². The lowest BCUT2D eigenvalue weighted by Gasteiger charge is -2.23. The second-order valence-corrected chi connectivity index (χ2v) is 5.28. The maximum absolute atomic E-state index is 12.1. The van der Waals surface area contributed by atoms with Crippen LogP contribution >= 0.6 is 0 Å². The van der Waals surface area contributed by atoms with Gasteiger partial charge in [0.05, 0.1) is 6.20 Å². The second kappa shape index (κ2) is 5.29. The molecule has 1 aromatic heterocycles. The Labute approximate surface area is 112 Å². The Morgan fingerprint density at radius 3 is 2.42 bits per heavy atom. The Morgan fingerprint density at radius 1 is 1.42 bits per heavy atom. The van der Waals surface area contributed by atoms with Crippen LogP contribution < -0.4 is 5.43 Å². The lowest BCUT2D eigenvalue weighted by molar-refractivity contribution is 0.0331. The van der Waals surface area contributed by atoms with Crippen LogP contribution in [0.3, 0.4) is 0 Å². The van der Waals surface area contributed by atoms with Crippen molar-refractivity contribution < 1.29 is 14.3 Å². The minimum absolute atomic E-state index is 0.358. The van der Waals surface area contributed by atoms with Crippen molar-refractivity contribution in [1.29, 1.82) is 0 Å². The SMILES string of the molecule is Cc1cnn(C)c1C(=O)N(C)NC(=O)OC(C)(C)C. The van der Waals surface area contributed by atoms with Gasteiger partial charge in [-0.2, -0.15) is 5.10 Å². The number of nitrogens with zero attached hydrogens (tertiary/aromatic N) is 3. The van der Waals surface area contributed by atoms with Crippen LogP contribution in [0, 0.1) is 6.92 Å². The Morgan fingerprint density at radius 2 is 2.00 bits per heavy atom. The van der Waals surface area contributed by atoms with E-state index in [2.05, 4.69) is 10.5 Å². The molecule has 0 aliphatic carbocycles. The first-order chi connectivity index (χ1) is 8.61. The number of nitrogens with one attached hydrogen (secondary N) is 1. The van der Waals surface area contributed by atoms with E-state index in [0.29, 0.717) is 5.69 Å². The lowest BCUT2D eigenvalue weighted by atomic mass is 10.2. The first-order valence-electron chi connectivity index (χ1n) is 5.88. The molecule has 0 saturated heterocycles. The van der Waals surface area contributed by atoms with E-state index >= 15 is 0 Å². The molecule has 0 unspecified atom stereocenters. The molecule has 0 radical (unpaired) electrons. The lowest BCUT2D eigenvalue weighted by Crippen LogP contribution is -2.46. The van der Waals surface area contributed by atoms with Crippen molar-refractivity contribution in [3.8, 4) is 0 Å². The normalized spacial score (nSPS) is 11.1. The predicted octanol–water partition coefficient (Wildman–Crippen LogP) is 1.24. The molecular weight excluding hydrogens is 248 g/mol. The van der Waals surface area contributed by atoms with E-state index in [1.54, 1.807) is 40.9 Å². The van der Waals surface area contributed by atoms with E-state index in [-0.39, 0.29) is 5.91 Å². The number of carbonyl (C=O) groups is 2. The third kappa shape index (κ3) is 3.97. The maximum atomic E-state index is 12.1. The number of aryl methyl sites for hydroxylation is 2. The van der Waals surface area contributed by atoms with Gasteiger partial charge >= 0.3 is 6.09 Å². The van der Waals surface area contributed by atoms with Crippen LogP contribution in [0.5, 0.6) is 0 Å². The van der Waals surface area contributed by atoms with Crippen molar-refractivity contribution in [3.05, 3.63) is 17.5 Å². The van der Waals surface area contributed by atoms with Gasteiger partial charge in [-0.15, -0.1) is 0 Å². The van der Waals surface area contributed by atoms with Gasteiger partial charge in [0.15, 0.2) is 0 Å². The number of ether oxygens (including phenoxy) is 1. The third-order valence-corrected chi connectivity index (χ3v) is 2.29. The zero-order chi connectivity index (χ0) is 14.8. The number of aromatic nitrogens is 2. The molecule has 0 fully saturated rings. The van der Waals surface area contributed by atoms with Crippen LogP contribution in [-0.2, 0) is 11.8 Å². The van der Waals surface area contributed by atoms with Gasteiger partial charge in [0.2, 0.25) is 0 Å². The van der Waals surface area contributed by atoms with Gasteiger partial charge in [-0.1, -0.05) is 0 Å². The van der Waals surface area contributed by atoms with Crippen molar-refractivity contribution >= 4 is 12.0 Å². The van der Waals surface area contributed by atoms with Crippen LogP contribution in [0.4, 0.5) is 4.79 Å². The summed E-state index contributed by atoms with van der Waals surface area (Å²) in [6.07, 6.45) is 0.914. The zero-order valence-corrected chi connectivity index (χ0v) is 12.1. The minimum Gasteiger partial charge on any atom is -0.443 e. The largest absolute Gasteiger partial charge is 0.443 e. The summed E-state index contributed by atoms with van der Waals surface area (Å²) in [5, 5.41) is 5.06. The van der Waals surface area contributed by atoms with Crippen LogP contribution in [0.1, 0.15) is 36.8 Å². The van der Waals surface area contributed by atoms with Crippen LogP contribution in [0.2, 0.25) is 0 Å². The van der Waals surface area contributed by atoms with Crippen molar-refractivity contribution in [2.75, 3.05) is 7.05 Å². The standard InChI is InChI=1S/C12H20N4O3/c1-8-7-13-15(5)9(8)10(17)16(6)14-11(18)19-12(2,3)4/h7H,1-6H3,(H,14,18). The topological polar surface area (TPSA) is 76.5 Å². The van der Waals surface area contributed by atoms with Gasteiger partial charge in [0.1, 0.15) is 11.3 Å². The summed E-state index contributed by atoms with van der Waals surface area (Å²) in [6, 6.07) is 0. The summed E-state index contributed by atoms with van der Waals surface area (Å²) in [7, 11) is 3.13. The van der Waals surface area contributed by atoms with Crippen molar-refractivity contribution in [2.45, 2.75) is 33.3 Å². The fourth-order valence-electron chi connectivity index (χ4n) is 1.50. The molecule has 1 rings (SSSR count). The van der Waals surface area contributed by atoms with Gasteiger partial charge in [0.25, 0.3) is 5.91 Å². The number of amides is 2. The molecule has 106 valence electrons. The van der Waals surface area contributed by atoms with Crippen molar-refractivity contribution in [3.63, 3.8) is 0 Å². The molecule has 1 aromatic rings. The van der Waals surface area contributed by atoms with E-state index in [9.17, 15) is 9.59 Å². The highest BCUT2D eigenvalue weighted by Crippen LogP contribution is 2.09. The molecule has 2 amide bonds. The Hall–Kier alpha value is -2.05. The zero-order valence-electron chi connectivity index (χ0n) is 12.1. The average Bonchev–Trinajstić information content (AvgIpc) is 2.54. The highest BCUT2D eigenvalue weighted by molar-refractivity contribution is 5.94. The van der Waals surface area contributed by atoms with Gasteiger partial charge in [-0.05, 0) is 27.7 Å². The summed E-state index contributed by atoms with van der Waals surface area (Å²) in [5.74, 6) is -0.358. The highest BCUT2D eigenvalue weighted by Gasteiger charge is 2.22. The quantitative estimate of drug-likeness (QED) is 0.777. The van der Waals surface area contributed by atoms with Crippen LogP contribution in [-0.4, -0.2) is 39.4 Å². The number of rotatable bonds is 1. The molecule has 1 N–H and O–H groups in total. The first kappa shape index (κ1) is 15.0. The molecule has 1 heterocycles. The molecule has 0 bridgehead atoms. The maximum Gasteiger partial charge on any atom is 0.426 e. The molecular formula is C12H20N4O3. The number of hydrogen-bond acceptors (Lipinski definition) is 4. The van der Waals surface area contributed by atoms with E-state index < -0.39 is 11.7 Å². The van der Waals surface area contributed by atoms with Crippen LogP contribution in [0.25, 0.3) is 0 Å². The number of hydrazine groups is 1. The molecule has 0 aliphatic heterocycles. The monoisotopic (exact) mass is 268 g/mol. The summed E-state index contributed by atoms with van der Waals surface area (Å²) < 4.78 is 6.53. The smallest absolute Gasteiger partial charge is 0.426 e. The summed E-state index contributed by atoms with van der Waals surface area (Å²) >= 11 is 0. The van der Waals surface area contributed by atoms with Gasteiger partial charge in [-0.25, -0.2) is 15.2 Å². The second-order valence-electron chi connectivity index (χ2n) is 5.28. The summed E-state index contributed by atoms with van der Waals surface area (Å²) in [6.45, 7) is 7.03. The summed E-state index contributed by atoms with van der Waals surface area (Å²) in [5.41, 5.74) is 2.90. The van der Waals surface area contributed by atoms with Crippen molar-refractivity contribution in [2.24, 2.45) is 7.05 Å². The van der Waals surface area contributed by atoms with E-state index in [0.717, 1.165) is 10.6 Å². The molecule has 7 nitrogen and oxygen atoms in total. The van der Waals surface area contributed by atoms with Crippen LogP contribution in [0.15, 0.2) is 6.20 Å². The average molecular weight is 268 g/mol. The molecule has 0 aliphatic rings. The summed E-state index contributed by atoms with van der Waals surface area (Å²) in [4.78, 5) is 23.7. The highest BCUT2D eigenvalue weighted by atomic mass is 16.6. The van der Waals surface area contributed by atoms with E-state index in [4.69, 9.17) is 4.74 Å². The Bertz CT molecular complexity index is 468.